The highest BCUT2D eigenvalue weighted by atomic mass is 35.5. The van der Waals surface area contributed by atoms with Gasteiger partial charge in [0, 0.05) is 11.6 Å². The Kier molecular flexibility index (Phi) is 3.28. The van der Waals surface area contributed by atoms with Gasteiger partial charge in [-0.25, -0.2) is 4.39 Å². The van der Waals surface area contributed by atoms with Gasteiger partial charge < -0.3 is 9.84 Å². The van der Waals surface area contributed by atoms with E-state index >= 15 is 0 Å². The fourth-order valence-corrected chi connectivity index (χ4v) is 1.46. The molecule has 2 aromatic rings. The normalized spacial score (nSPS) is 10.9. The van der Waals surface area contributed by atoms with Gasteiger partial charge in [-0.3, -0.25) is 0 Å². The van der Waals surface area contributed by atoms with Crippen molar-refractivity contribution in [3.63, 3.8) is 0 Å². The smallest absolute Gasteiger partial charge is 0.321 e. The lowest BCUT2D eigenvalue weighted by Crippen LogP contribution is -2.09. The van der Waals surface area contributed by atoms with E-state index in [0.717, 1.165) is 0 Å². The molecule has 0 aliphatic rings. The Morgan fingerprint density at radius 1 is 1.41 bits per heavy atom. The van der Waals surface area contributed by atoms with Crippen molar-refractivity contribution in [3.05, 3.63) is 29.0 Å². The van der Waals surface area contributed by atoms with Gasteiger partial charge in [0.2, 0.25) is 5.82 Å². The van der Waals surface area contributed by atoms with Crippen LogP contribution in [-0.2, 0) is 0 Å². The van der Waals surface area contributed by atoms with Crippen molar-refractivity contribution in [3.8, 4) is 11.4 Å². The van der Waals surface area contributed by atoms with Crippen molar-refractivity contribution in [1.82, 2.24) is 10.1 Å². The van der Waals surface area contributed by atoms with Crippen LogP contribution in [0.2, 0.25) is 5.02 Å². The highest BCUT2D eigenvalue weighted by Crippen LogP contribution is 2.23. The summed E-state index contributed by atoms with van der Waals surface area (Å²) in [6.45, 7) is 3.91. The quantitative estimate of drug-likeness (QED) is 0.914. The van der Waals surface area contributed by atoms with E-state index in [0.29, 0.717) is 17.4 Å². The Labute approximate surface area is 103 Å². The molecule has 1 N–H and O–H groups in total. The lowest BCUT2D eigenvalue weighted by molar-refractivity contribution is 0.429. The third-order valence-electron chi connectivity index (χ3n) is 2.02. The zero-order valence-electron chi connectivity index (χ0n) is 9.37. The zero-order valence-corrected chi connectivity index (χ0v) is 10.1. The molecule has 1 aromatic carbocycles. The largest absolute Gasteiger partial charge is 0.336 e. The van der Waals surface area contributed by atoms with Crippen molar-refractivity contribution >= 4 is 17.6 Å². The van der Waals surface area contributed by atoms with Crippen LogP contribution >= 0.6 is 11.6 Å². The van der Waals surface area contributed by atoms with Crippen molar-refractivity contribution in [2.75, 3.05) is 5.32 Å². The first-order valence-corrected chi connectivity index (χ1v) is 5.49. The average Bonchev–Trinajstić information content (AvgIpc) is 2.69. The number of nitrogens with zero attached hydrogens (tertiary/aromatic N) is 2. The maximum Gasteiger partial charge on any atom is 0.321 e. The minimum absolute atomic E-state index is 0.0330. The summed E-state index contributed by atoms with van der Waals surface area (Å²) in [6, 6.07) is 4.80. The van der Waals surface area contributed by atoms with Crippen LogP contribution in [0.25, 0.3) is 11.4 Å². The SMILES string of the molecule is CC(C)Nc1nc(-c2ccc(F)c(Cl)c2)no1. The lowest BCUT2D eigenvalue weighted by atomic mass is 10.2. The molecule has 0 atom stereocenters. The predicted octanol–water partition coefficient (Wildman–Crippen LogP) is 3.35. The first-order valence-electron chi connectivity index (χ1n) is 5.12. The maximum absolute atomic E-state index is 13.0. The Morgan fingerprint density at radius 2 is 2.18 bits per heavy atom. The second-order valence-electron chi connectivity index (χ2n) is 3.85. The molecule has 0 unspecified atom stereocenters. The third kappa shape index (κ3) is 2.74. The van der Waals surface area contributed by atoms with Gasteiger partial charge in [-0.05, 0) is 32.0 Å². The fourth-order valence-electron chi connectivity index (χ4n) is 1.28. The van der Waals surface area contributed by atoms with Crippen LogP contribution in [0.5, 0.6) is 0 Å². The van der Waals surface area contributed by atoms with E-state index in [2.05, 4.69) is 15.5 Å². The summed E-state index contributed by atoms with van der Waals surface area (Å²) >= 11 is 5.68. The lowest BCUT2D eigenvalue weighted by Gasteiger charge is -2.01. The second-order valence-corrected chi connectivity index (χ2v) is 4.26. The Morgan fingerprint density at radius 3 is 2.82 bits per heavy atom. The van der Waals surface area contributed by atoms with Crippen LogP contribution < -0.4 is 5.32 Å². The number of hydrogen-bond donors (Lipinski definition) is 1. The van der Waals surface area contributed by atoms with Crippen LogP contribution in [0.4, 0.5) is 10.4 Å². The number of nitrogens with one attached hydrogen (secondary N) is 1. The number of rotatable bonds is 3. The summed E-state index contributed by atoms with van der Waals surface area (Å²) in [4.78, 5) is 4.12. The molecule has 6 heteroatoms. The fraction of sp³-hybridized carbons (Fsp3) is 0.273. The molecule has 4 nitrogen and oxygen atoms in total. The molecular weight excluding hydrogens is 245 g/mol. The van der Waals surface area contributed by atoms with E-state index in [9.17, 15) is 4.39 Å². The summed E-state index contributed by atoms with van der Waals surface area (Å²) in [7, 11) is 0. The van der Waals surface area contributed by atoms with Crippen molar-refractivity contribution in [2.45, 2.75) is 19.9 Å². The molecule has 1 aromatic heterocycles. The van der Waals surface area contributed by atoms with Crippen LogP contribution in [0.3, 0.4) is 0 Å². The van der Waals surface area contributed by atoms with Crippen LogP contribution in [0.1, 0.15) is 13.8 Å². The minimum atomic E-state index is -0.473. The van der Waals surface area contributed by atoms with Crippen LogP contribution in [0.15, 0.2) is 22.7 Å². The standard InChI is InChI=1S/C11H11ClFN3O/c1-6(2)14-11-15-10(16-17-11)7-3-4-9(13)8(12)5-7/h3-6H,1-2H3,(H,14,15,16). The molecule has 2 rings (SSSR count). The minimum Gasteiger partial charge on any atom is -0.336 e. The van der Waals surface area contributed by atoms with E-state index in [1.165, 1.54) is 12.1 Å². The van der Waals surface area contributed by atoms with Gasteiger partial charge in [0.05, 0.1) is 5.02 Å². The summed E-state index contributed by atoms with van der Waals surface area (Å²) < 4.78 is 18.0. The number of aromatic nitrogens is 2. The molecular formula is C11H11ClFN3O. The number of halogens is 2. The summed E-state index contributed by atoms with van der Waals surface area (Å²) in [5, 5.41) is 6.79. The van der Waals surface area contributed by atoms with Gasteiger partial charge in [-0.2, -0.15) is 4.98 Å². The van der Waals surface area contributed by atoms with Crippen molar-refractivity contribution < 1.29 is 8.91 Å². The van der Waals surface area contributed by atoms with Crippen LogP contribution in [0, 0.1) is 5.82 Å². The number of hydrogen-bond acceptors (Lipinski definition) is 4. The topological polar surface area (TPSA) is 51.0 Å². The monoisotopic (exact) mass is 255 g/mol. The molecule has 1 heterocycles. The van der Waals surface area contributed by atoms with Gasteiger partial charge in [-0.15, -0.1) is 0 Å². The van der Waals surface area contributed by atoms with E-state index in [4.69, 9.17) is 16.1 Å². The maximum atomic E-state index is 13.0. The van der Waals surface area contributed by atoms with E-state index < -0.39 is 5.82 Å². The first-order chi connectivity index (χ1) is 8.06. The van der Waals surface area contributed by atoms with Crippen molar-refractivity contribution in [2.24, 2.45) is 0 Å². The van der Waals surface area contributed by atoms with Crippen LogP contribution in [-0.4, -0.2) is 16.2 Å². The molecule has 0 saturated carbocycles. The molecule has 90 valence electrons. The molecule has 0 bridgehead atoms. The van der Waals surface area contributed by atoms with Gasteiger partial charge in [0.25, 0.3) is 0 Å². The third-order valence-corrected chi connectivity index (χ3v) is 2.31. The van der Waals surface area contributed by atoms with E-state index in [-0.39, 0.29) is 11.1 Å². The van der Waals surface area contributed by atoms with Gasteiger partial charge in [0.1, 0.15) is 5.82 Å². The second kappa shape index (κ2) is 4.71. The molecule has 0 aliphatic heterocycles. The molecule has 0 aliphatic carbocycles. The number of benzene rings is 1. The molecule has 0 fully saturated rings. The summed E-state index contributed by atoms with van der Waals surface area (Å²) in [5.74, 6) is -0.102. The van der Waals surface area contributed by atoms with E-state index in [1.807, 2.05) is 13.8 Å². The summed E-state index contributed by atoms with van der Waals surface area (Å²) in [6.07, 6.45) is 0. The summed E-state index contributed by atoms with van der Waals surface area (Å²) in [5.41, 5.74) is 0.608. The Balaban J connectivity index is 2.27. The first kappa shape index (κ1) is 11.9. The molecule has 0 saturated heterocycles. The van der Waals surface area contributed by atoms with Gasteiger partial charge in [0.15, 0.2) is 0 Å². The highest BCUT2D eigenvalue weighted by molar-refractivity contribution is 6.31. The molecule has 17 heavy (non-hydrogen) atoms. The molecule has 0 radical (unpaired) electrons. The molecule has 0 spiro atoms. The number of anilines is 1. The van der Waals surface area contributed by atoms with E-state index in [1.54, 1.807) is 6.07 Å². The Hall–Kier alpha value is -1.62. The zero-order chi connectivity index (χ0) is 12.4. The van der Waals surface area contributed by atoms with Crippen molar-refractivity contribution in [1.29, 1.82) is 0 Å². The highest BCUT2D eigenvalue weighted by Gasteiger charge is 2.10. The Bertz CT molecular complexity index is 527. The predicted molar refractivity (Wildman–Crippen MR) is 63.5 cm³/mol. The van der Waals surface area contributed by atoms with Gasteiger partial charge >= 0.3 is 6.01 Å². The average molecular weight is 256 g/mol. The molecule has 0 amide bonds. The van der Waals surface area contributed by atoms with Gasteiger partial charge in [-0.1, -0.05) is 16.8 Å².